The zero-order chi connectivity index (χ0) is 20.7. The van der Waals surface area contributed by atoms with Crippen molar-refractivity contribution in [3.63, 3.8) is 0 Å². The highest BCUT2D eigenvalue weighted by atomic mass is 16.5. The van der Waals surface area contributed by atoms with Gasteiger partial charge >= 0.3 is 0 Å². The second-order valence-electron chi connectivity index (χ2n) is 7.44. The topological polar surface area (TPSA) is 91.2 Å². The van der Waals surface area contributed by atoms with Crippen molar-refractivity contribution in [1.29, 1.82) is 0 Å². The molecule has 5 rings (SSSR count). The fraction of sp³-hybridized carbons (Fsp3) is 0.273. The van der Waals surface area contributed by atoms with Gasteiger partial charge in [-0.05, 0) is 58.2 Å². The fourth-order valence-corrected chi connectivity index (χ4v) is 4.30. The summed E-state index contributed by atoms with van der Waals surface area (Å²) in [6.45, 7) is 0. The fourth-order valence-electron chi connectivity index (χ4n) is 4.30. The Hall–Kier alpha value is -3.68. The number of benzene rings is 2. The normalized spacial score (nSPS) is 20.3. The lowest BCUT2D eigenvalue weighted by Crippen LogP contribution is -2.33. The number of carbonyl (C=O) groups is 1. The van der Waals surface area contributed by atoms with Gasteiger partial charge in [-0.3, -0.25) is 4.79 Å². The lowest BCUT2D eigenvalue weighted by atomic mass is 9.78. The lowest BCUT2D eigenvalue weighted by molar-refractivity contribution is -0.116. The van der Waals surface area contributed by atoms with Gasteiger partial charge in [0.15, 0.2) is 5.78 Å². The number of aromatic nitrogens is 4. The highest BCUT2D eigenvalue weighted by molar-refractivity contribution is 6.00. The maximum Gasteiger partial charge on any atom is 0.248 e. The maximum absolute atomic E-state index is 13.4. The van der Waals surface area contributed by atoms with Crippen LogP contribution in [0.15, 0.2) is 59.8 Å². The summed E-state index contributed by atoms with van der Waals surface area (Å²) in [6.07, 6.45) is 1.14. The van der Waals surface area contributed by atoms with Crippen LogP contribution >= 0.6 is 0 Å². The van der Waals surface area contributed by atoms with Crippen LogP contribution in [0, 0.1) is 0 Å². The minimum absolute atomic E-state index is 0.0862. The molecule has 2 aromatic carbocycles. The number of nitrogens with zero attached hydrogens (tertiary/aromatic N) is 4. The van der Waals surface area contributed by atoms with Crippen LogP contribution in [-0.2, 0) is 4.79 Å². The largest absolute Gasteiger partial charge is 0.497 e. The average molecular weight is 403 g/mol. The zero-order valence-corrected chi connectivity index (χ0v) is 16.7. The van der Waals surface area contributed by atoms with E-state index in [9.17, 15) is 4.79 Å². The van der Waals surface area contributed by atoms with Crippen LogP contribution in [0.1, 0.15) is 35.9 Å². The monoisotopic (exact) mass is 403 g/mol. The Balaban J connectivity index is 1.56. The standard InChI is InChI=1S/C22H21N5O3/c1-29-16-8-6-13(7-9-16)15-11-18-20(19(28)12-15)21(27-22(23-18)24-25-26-27)14-4-3-5-17(10-14)30-2/h3-10,15,21H,11-12H2,1-2H3,(H,23,24,26). The number of Topliss-reactive ketones (excluding diaryl/α,β-unsaturated/α-hetero) is 1. The summed E-state index contributed by atoms with van der Waals surface area (Å²) in [7, 11) is 3.27. The minimum Gasteiger partial charge on any atom is -0.497 e. The van der Waals surface area contributed by atoms with E-state index in [1.807, 2.05) is 48.5 Å². The van der Waals surface area contributed by atoms with E-state index in [1.54, 1.807) is 18.9 Å². The van der Waals surface area contributed by atoms with Gasteiger partial charge in [0, 0.05) is 17.7 Å². The number of anilines is 1. The Morgan fingerprint density at radius 2 is 1.80 bits per heavy atom. The van der Waals surface area contributed by atoms with Gasteiger partial charge in [0.1, 0.15) is 17.5 Å². The molecule has 1 N–H and O–H groups in total. The Labute approximate surface area is 173 Å². The summed E-state index contributed by atoms with van der Waals surface area (Å²) in [5, 5.41) is 15.4. The van der Waals surface area contributed by atoms with E-state index < -0.39 is 0 Å². The number of nitrogens with one attached hydrogen (secondary N) is 1. The molecule has 3 aromatic rings. The van der Waals surface area contributed by atoms with E-state index in [0.29, 0.717) is 24.4 Å². The summed E-state index contributed by atoms with van der Waals surface area (Å²) in [5.74, 6) is 2.24. The third-order valence-corrected chi connectivity index (χ3v) is 5.78. The first-order valence-corrected chi connectivity index (χ1v) is 9.77. The van der Waals surface area contributed by atoms with E-state index in [-0.39, 0.29) is 17.7 Å². The molecule has 0 spiro atoms. The number of carbonyl (C=O) groups excluding carboxylic acids is 1. The van der Waals surface area contributed by atoms with Crippen LogP contribution in [0.2, 0.25) is 0 Å². The molecule has 1 aliphatic carbocycles. The second-order valence-corrected chi connectivity index (χ2v) is 7.44. The molecular weight excluding hydrogens is 382 g/mol. The number of hydrogen-bond acceptors (Lipinski definition) is 7. The second kappa shape index (κ2) is 7.29. The van der Waals surface area contributed by atoms with Crippen LogP contribution in [-0.4, -0.2) is 40.2 Å². The first kappa shape index (κ1) is 18.4. The van der Waals surface area contributed by atoms with Crippen LogP contribution in [0.25, 0.3) is 0 Å². The maximum atomic E-state index is 13.4. The van der Waals surface area contributed by atoms with Crippen molar-refractivity contribution in [3.8, 4) is 11.5 Å². The van der Waals surface area contributed by atoms with Crippen molar-refractivity contribution in [1.82, 2.24) is 20.2 Å². The van der Waals surface area contributed by atoms with Crippen molar-refractivity contribution in [2.45, 2.75) is 24.8 Å². The van der Waals surface area contributed by atoms with E-state index in [4.69, 9.17) is 9.47 Å². The Kier molecular flexibility index (Phi) is 4.46. The first-order valence-electron chi connectivity index (χ1n) is 9.77. The number of rotatable bonds is 4. The van der Waals surface area contributed by atoms with Crippen molar-refractivity contribution in [2.24, 2.45) is 0 Å². The smallest absolute Gasteiger partial charge is 0.248 e. The number of fused-ring (bicyclic) bond motifs is 1. The predicted octanol–water partition coefficient (Wildman–Crippen LogP) is 3.11. The summed E-state index contributed by atoms with van der Waals surface area (Å²) >= 11 is 0. The molecule has 0 radical (unpaired) electrons. The zero-order valence-electron chi connectivity index (χ0n) is 16.7. The van der Waals surface area contributed by atoms with Crippen LogP contribution in [0.3, 0.4) is 0 Å². The average Bonchev–Trinajstić information content (AvgIpc) is 3.25. The lowest BCUT2D eigenvalue weighted by Gasteiger charge is -2.34. The highest BCUT2D eigenvalue weighted by Gasteiger charge is 2.39. The van der Waals surface area contributed by atoms with Gasteiger partial charge < -0.3 is 14.8 Å². The van der Waals surface area contributed by atoms with Crippen molar-refractivity contribution in [3.05, 3.63) is 70.9 Å². The summed E-state index contributed by atoms with van der Waals surface area (Å²) in [5.41, 5.74) is 3.61. The molecule has 2 aliphatic rings. The van der Waals surface area contributed by atoms with E-state index >= 15 is 0 Å². The van der Waals surface area contributed by atoms with Gasteiger partial charge in [0.05, 0.1) is 14.2 Å². The van der Waals surface area contributed by atoms with Crippen LogP contribution in [0.4, 0.5) is 5.95 Å². The van der Waals surface area contributed by atoms with Gasteiger partial charge in [-0.2, -0.15) is 4.68 Å². The molecule has 2 heterocycles. The summed E-state index contributed by atoms with van der Waals surface area (Å²) in [6, 6.07) is 15.2. The molecule has 8 nitrogen and oxygen atoms in total. The first-order chi connectivity index (χ1) is 14.7. The molecule has 0 fully saturated rings. The van der Waals surface area contributed by atoms with Crippen molar-refractivity contribution >= 4 is 11.7 Å². The molecule has 0 saturated carbocycles. The van der Waals surface area contributed by atoms with Gasteiger partial charge in [0.2, 0.25) is 5.95 Å². The number of allylic oxidation sites excluding steroid dienone is 2. The highest BCUT2D eigenvalue weighted by Crippen LogP contribution is 2.44. The Morgan fingerprint density at radius 3 is 2.57 bits per heavy atom. The summed E-state index contributed by atoms with van der Waals surface area (Å²) < 4.78 is 12.3. The third kappa shape index (κ3) is 3.01. The van der Waals surface area contributed by atoms with Crippen LogP contribution < -0.4 is 14.8 Å². The predicted molar refractivity (Wildman–Crippen MR) is 110 cm³/mol. The van der Waals surface area contributed by atoms with Crippen molar-refractivity contribution in [2.75, 3.05) is 19.5 Å². The molecule has 0 amide bonds. The molecule has 152 valence electrons. The Morgan fingerprint density at radius 1 is 1.00 bits per heavy atom. The molecule has 30 heavy (non-hydrogen) atoms. The SMILES string of the molecule is COc1ccc(C2CC(=O)C3=C(C2)Nc2nnnn2C3c2cccc(OC)c2)cc1. The molecule has 0 saturated heterocycles. The molecule has 0 bridgehead atoms. The number of hydrogen-bond donors (Lipinski definition) is 1. The van der Waals surface area contributed by atoms with Gasteiger partial charge in [-0.1, -0.05) is 29.4 Å². The number of ether oxygens (including phenoxy) is 2. The molecular formula is C22H21N5O3. The van der Waals surface area contributed by atoms with Crippen LogP contribution in [0.5, 0.6) is 11.5 Å². The van der Waals surface area contributed by atoms with E-state index in [2.05, 4.69) is 20.8 Å². The van der Waals surface area contributed by atoms with Crippen molar-refractivity contribution < 1.29 is 14.3 Å². The summed E-state index contributed by atoms with van der Waals surface area (Å²) in [4.78, 5) is 13.4. The molecule has 2 atom stereocenters. The minimum atomic E-state index is -0.384. The molecule has 1 aliphatic heterocycles. The van der Waals surface area contributed by atoms with E-state index in [0.717, 1.165) is 28.3 Å². The number of ketones is 1. The quantitative estimate of drug-likeness (QED) is 0.716. The number of methoxy groups -OCH3 is 2. The molecule has 8 heteroatoms. The van der Waals surface area contributed by atoms with Gasteiger partial charge in [-0.25, -0.2) is 0 Å². The third-order valence-electron chi connectivity index (χ3n) is 5.78. The van der Waals surface area contributed by atoms with E-state index in [1.165, 1.54) is 0 Å². The van der Waals surface area contributed by atoms with Gasteiger partial charge in [-0.15, -0.1) is 0 Å². The van der Waals surface area contributed by atoms with Gasteiger partial charge in [0.25, 0.3) is 0 Å². The molecule has 1 aromatic heterocycles. The number of tetrazole rings is 1. The molecule has 2 unspecified atom stereocenters. The Bertz CT molecular complexity index is 1140.